The summed E-state index contributed by atoms with van der Waals surface area (Å²) in [5.41, 5.74) is 12.3. The number of hydrogen-bond donors (Lipinski definition) is 3. The average Bonchev–Trinajstić information content (AvgIpc) is 3.36. The first kappa shape index (κ1) is 28.0. The molecule has 1 heterocycles. The molecule has 5 N–H and O–H groups in total. The lowest BCUT2D eigenvalue weighted by Crippen LogP contribution is -2.44. The lowest BCUT2D eigenvalue weighted by atomic mass is 10.0. The van der Waals surface area contributed by atoms with Crippen LogP contribution in [0.5, 0.6) is 11.5 Å². The summed E-state index contributed by atoms with van der Waals surface area (Å²) >= 11 is 0.665. The second-order valence-electron chi connectivity index (χ2n) is 8.51. The molecule has 0 unspecified atom stereocenters. The molecule has 3 amide bonds. The maximum absolute atomic E-state index is 14.2. The van der Waals surface area contributed by atoms with Crippen LogP contribution < -0.4 is 31.2 Å². The molecular formula is C28H26FN5O5S. The Morgan fingerprint density at radius 2 is 1.73 bits per heavy atom. The second kappa shape index (κ2) is 12.3. The first-order valence-corrected chi connectivity index (χ1v) is 12.7. The van der Waals surface area contributed by atoms with E-state index >= 15 is 0 Å². The first-order chi connectivity index (χ1) is 19.2. The minimum atomic E-state index is -1.34. The Morgan fingerprint density at radius 1 is 1.02 bits per heavy atom. The quantitative estimate of drug-likeness (QED) is 0.266. The van der Waals surface area contributed by atoms with E-state index in [0.717, 1.165) is 10.5 Å². The number of hydrogen-bond acceptors (Lipinski definition) is 8. The maximum Gasteiger partial charge on any atom is 0.273 e. The molecule has 12 heteroatoms. The number of amides is 3. The number of anilines is 2. The van der Waals surface area contributed by atoms with Gasteiger partial charge in [0.1, 0.15) is 28.2 Å². The van der Waals surface area contributed by atoms with Gasteiger partial charge in [-0.3, -0.25) is 19.3 Å². The van der Waals surface area contributed by atoms with Crippen LogP contribution in [0.1, 0.15) is 37.3 Å². The number of methoxy groups -OCH3 is 2. The van der Waals surface area contributed by atoms with Crippen molar-refractivity contribution in [2.24, 2.45) is 5.73 Å². The van der Waals surface area contributed by atoms with Gasteiger partial charge in [-0.15, -0.1) is 0 Å². The molecule has 206 valence electrons. The standard InChI is InChI=1S/C28H26FN5O5S/c1-38-19-12-13-21(39-2)20(14-19)34(28(37)25-22(30)23(26(31)35)33-40-25)24(17-8-10-18(29)11-9-17)27(36)32-15-16-6-4-3-5-7-16/h3-14,24H,15,30H2,1-2H3,(H2,31,35)(H,32,36)/t24-/m0/s1. The number of carbonyl (C=O) groups is 3. The molecule has 40 heavy (non-hydrogen) atoms. The minimum absolute atomic E-state index is 0.123. The molecule has 10 nitrogen and oxygen atoms in total. The highest BCUT2D eigenvalue weighted by Gasteiger charge is 2.37. The maximum atomic E-state index is 14.2. The molecule has 4 rings (SSSR count). The van der Waals surface area contributed by atoms with Crippen LogP contribution in [0.4, 0.5) is 15.8 Å². The van der Waals surface area contributed by atoms with E-state index in [2.05, 4.69) is 9.69 Å². The number of halogens is 1. The Hall–Kier alpha value is -4.97. The molecule has 1 atom stereocenters. The van der Waals surface area contributed by atoms with Crippen LogP contribution in [0.25, 0.3) is 0 Å². The smallest absolute Gasteiger partial charge is 0.273 e. The van der Waals surface area contributed by atoms with Crippen molar-refractivity contribution in [2.45, 2.75) is 12.6 Å². The fourth-order valence-electron chi connectivity index (χ4n) is 4.03. The zero-order valence-electron chi connectivity index (χ0n) is 21.6. The number of aromatic nitrogens is 1. The third-order valence-electron chi connectivity index (χ3n) is 6.02. The van der Waals surface area contributed by atoms with Gasteiger partial charge in [0.2, 0.25) is 5.91 Å². The van der Waals surface area contributed by atoms with Gasteiger partial charge < -0.3 is 26.3 Å². The van der Waals surface area contributed by atoms with Crippen molar-refractivity contribution in [2.75, 3.05) is 24.9 Å². The van der Waals surface area contributed by atoms with Gasteiger partial charge in [-0.25, -0.2) is 4.39 Å². The van der Waals surface area contributed by atoms with Crippen LogP contribution in [-0.4, -0.2) is 36.3 Å². The molecule has 0 saturated carbocycles. The predicted molar refractivity (Wildman–Crippen MR) is 149 cm³/mol. The molecular weight excluding hydrogens is 537 g/mol. The number of nitrogens with one attached hydrogen (secondary N) is 1. The Bertz CT molecular complexity index is 1530. The van der Waals surface area contributed by atoms with E-state index < -0.39 is 29.6 Å². The number of ether oxygens (including phenoxy) is 2. The number of nitrogens with zero attached hydrogens (tertiary/aromatic N) is 2. The van der Waals surface area contributed by atoms with Crippen molar-refractivity contribution in [3.05, 3.63) is 100 Å². The second-order valence-corrected chi connectivity index (χ2v) is 9.28. The molecule has 0 saturated heterocycles. The number of nitrogen functional groups attached to an aromatic ring is 1. The number of nitrogens with two attached hydrogens (primary N) is 2. The molecule has 3 aromatic carbocycles. The lowest BCUT2D eigenvalue weighted by Gasteiger charge is -2.32. The molecule has 0 radical (unpaired) electrons. The summed E-state index contributed by atoms with van der Waals surface area (Å²) in [5, 5.41) is 2.86. The van der Waals surface area contributed by atoms with Crippen molar-refractivity contribution in [1.82, 2.24) is 9.69 Å². The van der Waals surface area contributed by atoms with Crippen molar-refractivity contribution in [3.8, 4) is 11.5 Å². The van der Waals surface area contributed by atoms with E-state index in [1.807, 2.05) is 30.3 Å². The van der Waals surface area contributed by atoms with Gasteiger partial charge in [0, 0.05) is 12.6 Å². The van der Waals surface area contributed by atoms with E-state index in [1.54, 1.807) is 12.1 Å². The number of benzene rings is 3. The fraction of sp³-hybridized carbons (Fsp3) is 0.143. The molecule has 1 aromatic heterocycles. The van der Waals surface area contributed by atoms with Gasteiger partial charge in [0.15, 0.2) is 5.69 Å². The highest BCUT2D eigenvalue weighted by molar-refractivity contribution is 7.09. The van der Waals surface area contributed by atoms with Crippen molar-refractivity contribution in [1.29, 1.82) is 0 Å². The van der Waals surface area contributed by atoms with Gasteiger partial charge in [-0.2, -0.15) is 4.37 Å². The van der Waals surface area contributed by atoms with Crippen LogP contribution in [0, 0.1) is 5.82 Å². The van der Waals surface area contributed by atoms with E-state index in [0.29, 0.717) is 22.8 Å². The summed E-state index contributed by atoms with van der Waals surface area (Å²) in [6.45, 7) is 0.156. The van der Waals surface area contributed by atoms with Crippen molar-refractivity contribution < 1.29 is 28.2 Å². The molecule has 4 aromatic rings. The average molecular weight is 564 g/mol. The molecule has 0 aliphatic heterocycles. The third kappa shape index (κ3) is 5.86. The Labute approximate surface area is 233 Å². The van der Waals surface area contributed by atoms with E-state index in [9.17, 15) is 18.8 Å². The summed E-state index contributed by atoms with van der Waals surface area (Å²) in [7, 11) is 2.85. The normalized spacial score (nSPS) is 11.4. The van der Waals surface area contributed by atoms with Gasteiger partial charge >= 0.3 is 0 Å². The van der Waals surface area contributed by atoms with Crippen LogP contribution in [0.3, 0.4) is 0 Å². The summed E-state index contributed by atoms with van der Waals surface area (Å²) in [6.07, 6.45) is 0. The van der Waals surface area contributed by atoms with Crippen molar-refractivity contribution in [3.63, 3.8) is 0 Å². The first-order valence-electron chi connectivity index (χ1n) is 11.9. The van der Waals surface area contributed by atoms with Gasteiger partial charge in [0.05, 0.1) is 25.6 Å². The van der Waals surface area contributed by atoms with E-state index in [-0.39, 0.29) is 34.2 Å². The number of carbonyl (C=O) groups excluding carboxylic acids is 3. The molecule has 0 spiro atoms. The number of rotatable bonds is 10. The summed E-state index contributed by atoms with van der Waals surface area (Å²) in [5.74, 6) is -2.18. The van der Waals surface area contributed by atoms with Crippen LogP contribution in [0.15, 0.2) is 72.8 Å². The topological polar surface area (TPSA) is 150 Å². The van der Waals surface area contributed by atoms with Gasteiger partial charge in [0.25, 0.3) is 11.8 Å². The summed E-state index contributed by atoms with van der Waals surface area (Å²) in [4.78, 5) is 41.0. The largest absolute Gasteiger partial charge is 0.497 e. The van der Waals surface area contributed by atoms with Crippen LogP contribution in [0.2, 0.25) is 0 Å². The lowest BCUT2D eigenvalue weighted by molar-refractivity contribution is -0.122. The zero-order valence-corrected chi connectivity index (χ0v) is 22.4. The highest BCUT2D eigenvalue weighted by Crippen LogP contribution is 2.40. The fourth-order valence-corrected chi connectivity index (χ4v) is 4.78. The SMILES string of the molecule is COc1ccc(OC)c(N(C(=O)c2snc(C(N)=O)c2N)[C@H](C(=O)NCc2ccccc2)c2ccc(F)cc2)c1. The highest BCUT2D eigenvalue weighted by atomic mass is 32.1. The van der Waals surface area contributed by atoms with E-state index in [1.165, 1.54) is 44.6 Å². The Kier molecular flexibility index (Phi) is 8.60. The zero-order chi connectivity index (χ0) is 28.8. The van der Waals surface area contributed by atoms with Crippen molar-refractivity contribution >= 4 is 40.6 Å². The summed E-state index contributed by atoms with van der Waals surface area (Å²) < 4.78 is 28.8. The van der Waals surface area contributed by atoms with Crippen LogP contribution >= 0.6 is 11.5 Å². The number of primary amides is 1. The predicted octanol–water partition coefficient (Wildman–Crippen LogP) is 3.69. The Balaban J connectivity index is 1.91. The van der Waals surface area contributed by atoms with Gasteiger partial charge in [-0.05, 0) is 46.9 Å². The van der Waals surface area contributed by atoms with Crippen LogP contribution in [-0.2, 0) is 11.3 Å². The molecule has 0 aliphatic carbocycles. The summed E-state index contributed by atoms with van der Waals surface area (Å²) in [6, 6.07) is 17.7. The minimum Gasteiger partial charge on any atom is -0.497 e. The monoisotopic (exact) mass is 563 g/mol. The Morgan fingerprint density at radius 3 is 2.33 bits per heavy atom. The van der Waals surface area contributed by atoms with Gasteiger partial charge in [-0.1, -0.05) is 42.5 Å². The molecule has 0 fully saturated rings. The molecule has 0 bridgehead atoms. The van der Waals surface area contributed by atoms with E-state index in [4.69, 9.17) is 20.9 Å². The third-order valence-corrected chi connectivity index (χ3v) is 6.87. The molecule has 0 aliphatic rings.